The number of para-hydroxylation sites is 4. The van der Waals surface area contributed by atoms with Crippen molar-refractivity contribution in [3.8, 4) is 12.2 Å². The van der Waals surface area contributed by atoms with Crippen LogP contribution in [0.1, 0.15) is 0 Å². The van der Waals surface area contributed by atoms with E-state index in [0.717, 1.165) is 0 Å². The number of rotatable bonds is 4. The molecule has 0 aliphatic heterocycles. The van der Waals surface area contributed by atoms with Gasteiger partial charge in [0.2, 0.25) is 0 Å². The Morgan fingerprint density at radius 3 is 1.68 bits per heavy atom. The van der Waals surface area contributed by atoms with Crippen molar-refractivity contribution in [3.05, 3.63) is 48.5 Å². The van der Waals surface area contributed by atoms with Crippen LogP contribution in [-0.4, -0.2) is 9.97 Å². The molecule has 7 nitrogen and oxygen atoms in total. The molecule has 0 aliphatic carbocycles. The van der Waals surface area contributed by atoms with E-state index in [0.29, 0.717) is 22.2 Å². The molecule has 0 fully saturated rings. The van der Waals surface area contributed by atoms with Crippen LogP contribution in [0.5, 0.6) is 12.2 Å². The first-order valence-electron chi connectivity index (χ1n) is 6.32. The topological polar surface area (TPSA) is 87.6 Å². The third kappa shape index (κ3) is 2.38. The fourth-order valence-corrected chi connectivity index (χ4v) is 2.37. The maximum atomic E-state index is 11.8. The van der Waals surface area contributed by atoms with E-state index in [9.17, 15) is 4.57 Å². The van der Waals surface area contributed by atoms with Gasteiger partial charge >= 0.3 is 20.4 Å². The van der Waals surface area contributed by atoms with Gasteiger partial charge in [-0.05, 0) is 24.3 Å². The van der Waals surface area contributed by atoms with E-state index in [4.69, 9.17) is 17.9 Å². The number of benzene rings is 2. The van der Waals surface area contributed by atoms with Crippen LogP contribution >= 0.6 is 8.25 Å². The van der Waals surface area contributed by atoms with Gasteiger partial charge in [0.1, 0.15) is 11.0 Å². The second kappa shape index (κ2) is 5.13. The lowest BCUT2D eigenvalue weighted by molar-refractivity contribution is 0.317. The molecule has 2 heterocycles. The van der Waals surface area contributed by atoms with Gasteiger partial charge in [-0.25, -0.2) is 0 Å². The van der Waals surface area contributed by atoms with Gasteiger partial charge in [0.15, 0.2) is 11.2 Å². The summed E-state index contributed by atoms with van der Waals surface area (Å²) in [5.74, 6) is 0. The molecule has 0 bridgehead atoms. The summed E-state index contributed by atoms with van der Waals surface area (Å²) in [4.78, 5) is 8.07. The third-order valence-electron chi connectivity index (χ3n) is 2.85. The van der Waals surface area contributed by atoms with Crippen molar-refractivity contribution < 1.29 is 22.4 Å². The van der Waals surface area contributed by atoms with E-state index in [2.05, 4.69) is 9.97 Å². The van der Waals surface area contributed by atoms with Crippen molar-refractivity contribution in [2.75, 3.05) is 0 Å². The zero-order valence-electron chi connectivity index (χ0n) is 11.0. The van der Waals surface area contributed by atoms with E-state index >= 15 is 0 Å². The third-order valence-corrected chi connectivity index (χ3v) is 3.46. The molecule has 2 aromatic carbocycles. The Balaban J connectivity index is 1.52. The van der Waals surface area contributed by atoms with Gasteiger partial charge in [0.05, 0.1) is 0 Å². The predicted octanol–water partition coefficient (Wildman–Crippen LogP) is 4.08. The molecule has 22 heavy (non-hydrogen) atoms. The number of fused-ring (bicyclic) bond motifs is 2. The summed E-state index contributed by atoms with van der Waals surface area (Å²) in [6.45, 7) is 0. The van der Waals surface area contributed by atoms with Gasteiger partial charge in [-0.2, -0.15) is 19.0 Å². The van der Waals surface area contributed by atoms with Gasteiger partial charge in [-0.1, -0.05) is 24.3 Å². The molecule has 0 radical (unpaired) electrons. The summed E-state index contributed by atoms with van der Waals surface area (Å²) in [7, 11) is -2.57. The average molecular weight is 315 g/mol. The average Bonchev–Trinajstić information content (AvgIpc) is 3.08. The molecular formula is C14H8N2O5P+. The van der Waals surface area contributed by atoms with E-state index < -0.39 is 8.25 Å². The smallest absolute Gasteiger partial charge is 0.406 e. The molecule has 0 unspecified atom stereocenters. The fourth-order valence-electron chi connectivity index (χ4n) is 1.93. The SMILES string of the molecule is O=[P+](Oc1nc2ccccc2o1)Oc1nc2ccccc2o1. The predicted molar refractivity (Wildman–Crippen MR) is 76.9 cm³/mol. The summed E-state index contributed by atoms with van der Waals surface area (Å²) in [5.41, 5.74) is 2.26. The lowest BCUT2D eigenvalue weighted by atomic mass is 10.3. The highest BCUT2D eigenvalue weighted by molar-refractivity contribution is 7.34. The quantitative estimate of drug-likeness (QED) is 0.524. The molecule has 0 atom stereocenters. The molecule has 4 aromatic rings. The Kier molecular flexibility index (Phi) is 2.98. The van der Waals surface area contributed by atoms with Gasteiger partial charge in [-0.3, -0.25) is 0 Å². The van der Waals surface area contributed by atoms with Gasteiger partial charge < -0.3 is 8.83 Å². The molecule has 8 heteroatoms. The lowest BCUT2D eigenvalue weighted by Crippen LogP contribution is -1.88. The van der Waals surface area contributed by atoms with Crippen molar-refractivity contribution in [3.63, 3.8) is 0 Å². The summed E-state index contributed by atoms with van der Waals surface area (Å²) < 4.78 is 32.4. The normalized spacial score (nSPS) is 10.9. The molecular weight excluding hydrogens is 307 g/mol. The van der Waals surface area contributed by atoms with Crippen molar-refractivity contribution in [2.45, 2.75) is 0 Å². The molecule has 0 saturated heterocycles. The monoisotopic (exact) mass is 315 g/mol. The number of oxazole rings is 2. The minimum Gasteiger partial charge on any atom is -0.406 e. The van der Waals surface area contributed by atoms with E-state index in [-0.39, 0.29) is 12.2 Å². The lowest BCUT2D eigenvalue weighted by Gasteiger charge is -1.83. The second-order valence-corrected chi connectivity index (χ2v) is 5.11. The number of hydrogen-bond acceptors (Lipinski definition) is 7. The van der Waals surface area contributed by atoms with Crippen LogP contribution in [0.3, 0.4) is 0 Å². The number of aromatic nitrogens is 2. The largest absolute Gasteiger partial charge is 0.815 e. The van der Waals surface area contributed by atoms with Crippen molar-refractivity contribution in [1.29, 1.82) is 0 Å². The van der Waals surface area contributed by atoms with E-state index in [1.165, 1.54) is 0 Å². The molecule has 0 N–H and O–H groups in total. The van der Waals surface area contributed by atoms with Crippen LogP contribution in [0.4, 0.5) is 0 Å². The number of hydrogen-bond donors (Lipinski definition) is 0. The zero-order chi connectivity index (χ0) is 14.9. The highest BCUT2D eigenvalue weighted by Crippen LogP contribution is 2.32. The highest BCUT2D eigenvalue weighted by Gasteiger charge is 2.31. The first-order chi connectivity index (χ1) is 10.8. The van der Waals surface area contributed by atoms with Crippen LogP contribution in [0.25, 0.3) is 22.2 Å². The van der Waals surface area contributed by atoms with Gasteiger partial charge in [-0.15, -0.1) is 0 Å². The Morgan fingerprint density at radius 2 is 1.23 bits per heavy atom. The summed E-state index contributed by atoms with van der Waals surface area (Å²) in [6, 6.07) is 14.2. The fraction of sp³-hybridized carbons (Fsp3) is 0. The highest BCUT2D eigenvalue weighted by atomic mass is 31.1. The standard InChI is InChI=1S/C14H8N2O5P/c17-22(20-13-15-9-5-1-3-7-11(9)18-13)21-14-16-10-6-2-4-8-12(10)19-14/h1-8H/q+1. The maximum Gasteiger partial charge on any atom is 0.815 e. The first kappa shape index (κ1) is 12.8. The van der Waals surface area contributed by atoms with Crippen LogP contribution in [0.2, 0.25) is 0 Å². The Morgan fingerprint density at radius 1 is 0.773 bits per heavy atom. The Hall–Kier alpha value is -2.92. The number of nitrogens with zero attached hydrogens (tertiary/aromatic N) is 2. The van der Waals surface area contributed by atoms with E-state index in [1.54, 1.807) is 36.4 Å². The van der Waals surface area contributed by atoms with Crippen LogP contribution in [0, 0.1) is 0 Å². The zero-order valence-corrected chi connectivity index (χ0v) is 11.9. The summed E-state index contributed by atoms with van der Waals surface area (Å²) in [5, 5.41) is 0. The molecule has 0 spiro atoms. The molecule has 0 amide bonds. The second-order valence-electron chi connectivity index (χ2n) is 4.30. The Labute approximate surface area is 124 Å². The summed E-state index contributed by atoms with van der Waals surface area (Å²) >= 11 is 0. The molecule has 0 saturated carbocycles. The van der Waals surface area contributed by atoms with Gasteiger partial charge in [0, 0.05) is 4.57 Å². The van der Waals surface area contributed by atoms with Crippen LogP contribution in [0.15, 0.2) is 57.4 Å². The van der Waals surface area contributed by atoms with E-state index in [1.807, 2.05) is 12.1 Å². The minimum atomic E-state index is -2.57. The van der Waals surface area contributed by atoms with Crippen LogP contribution < -0.4 is 9.05 Å². The van der Waals surface area contributed by atoms with Crippen molar-refractivity contribution in [1.82, 2.24) is 9.97 Å². The van der Waals surface area contributed by atoms with Crippen molar-refractivity contribution >= 4 is 30.5 Å². The maximum absolute atomic E-state index is 11.8. The van der Waals surface area contributed by atoms with Gasteiger partial charge in [0.25, 0.3) is 0 Å². The summed E-state index contributed by atoms with van der Waals surface area (Å²) in [6.07, 6.45) is -0.281. The molecule has 0 aliphatic rings. The van der Waals surface area contributed by atoms with Crippen molar-refractivity contribution in [2.24, 2.45) is 0 Å². The molecule has 108 valence electrons. The molecule has 2 aromatic heterocycles. The van der Waals surface area contributed by atoms with Crippen LogP contribution in [-0.2, 0) is 4.57 Å². The Bertz CT molecular complexity index is 833. The molecule has 4 rings (SSSR count). The first-order valence-corrected chi connectivity index (χ1v) is 7.42. The minimum absolute atomic E-state index is 0.140.